The third kappa shape index (κ3) is 2.25. The second kappa shape index (κ2) is 4.01. The molecule has 0 aliphatic rings. The lowest BCUT2D eigenvalue weighted by atomic mass is 10.3. The smallest absolute Gasteiger partial charge is 0.461 e. The molecule has 0 aliphatic carbocycles. The Labute approximate surface area is 91.5 Å². The van der Waals surface area contributed by atoms with Crippen molar-refractivity contribution in [3.05, 3.63) is 5.69 Å². The predicted molar refractivity (Wildman–Crippen MR) is 49.3 cm³/mol. The molecule has 1 rings (SSSR count). The third-order valence-corrected chi connectivity index (χ3v) is 3.85. The average molecular weight is 258 g/mol. The lowest BCUT2D eigenvalue weighted by Gasteiger charge is -2.00. The molecule has 8 heteroatoms. The zero-order chi connectivity index (χ0) is 11.8. The maximum Gasteiger partial charge on any atom is 0.461 e. The summed E-state index contributed by atoms with van der Waals surface area (Å²) in [6, 6.07) is 0. The molecule has 0 amide bonds. The first-order chi connectivity index (χ1) is 6.79. The van der Waals surface area contributed by atoms with E-state index >= 15 is 0 Å². The van der Waals surface area contributed by atoms with Gasteiger partial charge in [0.15, 0.2) is 0 Å². The van der Waals surface area contributed by atoms with Crippen LogP contribution in [0.25, 0.3) is 0 Å². The fourth-order valence-corrected chi connectivity index (χ4v) is 2.65. The number of ketones is 1. The lowest BCUT2D eigenvalue weighted by molar-refractivity contribution is -0.704. The molecule has 1 heterocycles. The Bertz CT molecular complexity index is 400. The highest BCUT2D eigenvalue weighted by Crippen LogP contribution is 2.32. The van der Waals surface area contributed by atoms with Crippen LogP contribution in [0.2, 0.25) is 0 Å². The molecule has 1 aromatic rings. The number of thiazole rings is 1. The summed E-state index contributed by atoms with van der Waals surface area (Å²) in [5, 5.41) is 8.63. The Kier molecular flexibility index (Phi) is 3.29. The van der Waals surface area contributed by atoms with Crippen molar-refractivity contribution in [2.75, 3.05) is 6.26 Å². The van der Waals surface area contributed by atoms with Gasteiger partial charge in [-0.25, -0.2) is 0 Å². The van der Waals surface area contributed by atoms with Crippen LogP contribution in [0.1, 0.15) is 10.5 Å². The summed E-state index contributed by atoms with van der Waals surface area (Å²) in [5.74, 6) is -2.03. The normalized spacial score (nSPS) is 11.8. The zero-order valence-corrected chi connectivity index (χ0v) is 9.39. The number of carbonyl (C=O) groups excluding carboxylic acids is 1. The topological polar surface area (TPSA) is 41.2 Å². The summed E-state index contributed by atoms with van der Waals surface area (Å²) in [4.78, 5) is 10.9. The van der Waals surface area contributed by atoms with Crippen LogP contribution in [0.5, 0.6) is 5.06 Å². The standard InChI is InChI=1S/C7H6F3NO2S2/c1-11-3(4(12)7(8,9)10)5(13)15-6(11)14-2/h1-2H3/p+1. The number of aromatic nitrogens is 1. The molecule has 0 atom stereocenters. The van der Waals surface area contributed by atoms with E-state index in [1.165, 1.54) is 7.05 Å². The fraction of sp³-hybridized carbons (Fsp3) is 0.429. The van der Waals surface area contributed by atoms with Crippen molar-refractivity contribution in [3.63, 3.8) is 0 Å². The Morgan fingerprint density at radius 2 is 2.07 bits per heavy atom. The maximum absolute atomic E-state index is 12.1. The van der Waals surface area contributed by atoms with E-state index in [-0.39, 0.29) is 0 Å². The van der Waals surface area contributed by atoms with Gasteiger partial charge >= 0.3 is 22.0 Å². The number of hydrogen-bond acceptors (Lipinski definition) is 4. The van der Waals surface area contributed by atoms with E-state index in [0.29, 0.717) is 4.34 Å². The molecule has 0 bridgehead atoms. The van der Waals surface area contributed by atoms with E-state index in [4.69, 9.17) is 0 Å². The van der Waals surface area contributed by atoms with Gasteiger partial charge in [-0.05, 0) is 29.4 Å². The summed E-state index contributed by atoms with van der Waals surface area (Å²) >= 11 is 1.91. The number of alkyl halides is 3. The second-order valence-electron chi connectivity index (χ2n) is 2.61. The van der Waals surface area contributed by atoms with Gasteiger partial charge in [-0.3, -0.25) is 4.79 Å². The Hall–Kier alpha value is -0.760. The number of aromatic hydroxyl groups is 1. The fourth-order valence-electron chi connectivity index (χ4n) is 0.997. The molecule has 15 heavy (non-hydrogen) atoms. The second-order valence-corrected chi connectivity index (χ2v) is 4.64. The van der Waals surface area contributed by atoms with Crippen LogP contribution in [0.15, 0.2) is 4.34 Å². The van der Waals surface area contributed by atoms with Crippen molar-refractivity contribution in [2.45, 2.75) is 10.5 Å². The average Bonchev–Trinajstić information content (AvgIpc) is 2.39. The van der Waals surface area contributed by atoms with Crippen LogP contribution in [-0.2, 0) is 7.05 Å². The van der Waals surface area contributed by atoms with Gasteiger partial charge in [-0.1, -0.05) is 0 Å². The van der Waals surface area contributed by atoms with E-state index in [0.717, 1.165) is 27.7 Å². The molecule has 0 spiro atoms. The van der Waals surface area contributed by atoms with E-state index in [1.54, 1.807) is 6.26 Å². The molecule has 0 saturated heterocycles. The van der Waals surface area contributed by atoms with Crippen molar-refractivity contribution in [2.24, 2.45) is 7.05 Å². The molecule has 1 N–H and O–H groups in total. The molecule has 3 nitrogen and oxygen atoms in total. The monoisotopic (exact) mass is 258 g/mol. The maximum atomic E-state index is 12.1. The molecule has 0 aromatic carbocycles. The third-order valence-electron chi connectivity index (χ3n) is 1.64. The number of thioether (sulfide) groups is 1. The van der Waals surface area contributed by atoms with Gasteiger partial charge in [0.05, 0.1) is 0 Å². The molecule has 0 aliphatic heterocycles. The van der Waals surface area contributed by atoms with Crippen molar-refractivity contribution < 1.29 is 27.6 Å². The molecular weight excluding hydrogens is 251 g/mol. The SMILES string of the molecule is CSc1sc(O)c(C(=O)C(F)(F)F)[n+]1C. The summed E-state index contributed by atoms with van der Waals surface area (Å²) in [5.41, 5.74) is -0.711. The highest BCUT2D eigenvalue weighted by molar-refractivity contribution is 8.00. The lowest BCUT2D eigenvalue weighted by Crippen LogP contribution is -2.39. The van der Waals surface area contributed by atoms with E-state index in [9.17, 15) is 23.1 Å². The summed E-state index contributed by atoms with van der Waals surface area (Å²) < 4.78 is 37.9. The molecule has 0 unspecified atom stereocenters. The Morgan fingerprint density at radius 1 is 1.53 bits per heavy atom. The zero-order valence-electron chi connectivity index (χ0n) is 7.75. The highest BCUT2D eigenvalue weighted by Gasteiger charge is 2.47. The van der Waals surface area contributed by atoms with Crippen LogP contribution in [-0.4, -0.2) is 23.3 Å². The van der Waals surface area contributed by atoms with Crippen LogP contribution in [0, 0.1) is 0 Å². The number of Topliss-reactive ketones (excluding diaryl/α,β-unsaturated/α-hetero) is 1. The van der Waals surface area contributed by atoms with Gasteiger partial charge in [0.1, 0.15) is 7.05 Å². The molecule has 0 radical (unpaired) electrons. The number of halogens is 3. The summed E-state index contributed by atoms with van der Waals surface area (Å²) in [6.45, 7) is 0. The number of hydrogen-bond donors (Lipinski definition) is 1. The van der Waals surface area contributed by atoms with Gasteiger partial charge in [0.2, 0.25) is 0 Å². The molecule has 0 fully saturated rings. The van der Waals surface area contributed by atoms with E-state index in [1.807, 2.05) is 0 Å². The van der Waals surface area contributed by atoms with Gasteiger partial charge in [-0.2, -0.15) is 17.7 Å². The van der Waals surface area contributed by atoms with Gasteiger partial charge in [-0.15, -0.1) is 0 Å². The first kappa shape index (κ1) is 12.3. The molecule has 0 saturated carbocycles. The molecule has 1 aromatic heterocycles. The number of rotatable bonds is 2. The Morgan fingerprint density at radius 3 is 2.40 bits per heavy atom. The van der Waals surface area contributed by atoms with Gasteiger partial charge in [0.25, 0.3) is 5.06 Å². The van der Waals surface area contributed by atoms with E-state index < -0.39 is 22.7 Å². The first-order valence-electron chi connectivity index (χ1n) is 3.66. The van der Waals surface area contributed by atoms with Crippen molar-refractivity contribution in [3.8, 4) is 5.06 Å². The van der Waals surface area contributed by atoms with Gasteiger partial charge in [0, 0.05) is 0 Å². The van der Waals surface area contributed by atoms with Gasteiger partial charge < -0.3 is 5.11 Å². The first-order valence-corrected chi connectivity index (χ1v) is 5.70. The van der Waals surface area contributed by atoms with Crippen LogP contribution in [0.3, 0.4) is 0 Å². The molecular formula is C7H7F3NO2S2+. The summed E-state index contributed by atoms with van der Waals surface area (Å²) in [6.07, 6.45) is -3.32. The highest BCUT2D eigenvalue weighted by atomic mass is 32.2. The van der Waals surface area contributed by atoms with Crippen LogP contribution < -0.4 is 4.57 Å². The number of nitrogens with zero attached hydrogens (tertiary/aromatic N) is 1. The van der Waals surface area contributed by atoms with Crippen LogP contribution >= 0.6 is 23.1 Å². The van der Waals surface area contributed by atoms with E-state index in [2.05, 4.69) is 0 Å². The van der Waals surface area contributed by atoms with Crippen LogP contribution in [0.4, 0.5) is 13.2 Å². The Balaban J connectivity index is 3.26. The minimum Gasteiger partial charge on any atom is -0.495 e. The predicted octanol–water partition coefficient (Wildman–Crippen LogP) is 1.75. The quantitative estimate of drug-likeness (QED) is 0.499. The minimum atomic E-state index is -4.97. The number of carbonyl (C=O) groups is 1. The van der Waals surface area contributed by atoms with Crippen molar-refractivity contribution >= 4 is 28.9 Å². The van der Waals surface area contributed by atoms with Crippen molar-refractivity contribution in [1.82, 2.24) is 0 Å². The largest absolute Gasteiger partial charge is 0.495 e. The molecule has 84 valence electrons. The minimum absolute atomic E-state index is 0.431. The van der Waals surface area contributed by atoms with Crippen molar-refractivity contribution in [1.29, 1.82) is 0 Å². The summed E-state index contributed by atoms with van der Waals surface area (Å²) in [7, 11) is 1.31.